The summed E-state index contributed by atoms with van der Waals surface area (Å²) in [5.74, 6) is 2.05. The van der Waals surface area contributed by atoms with E-state index in [0.717, 1.165) is 75.0 Å². The number of nitrogens with one attached hydrogen (secondary N) is 3. The number of benzene rings is 1. The number of hydrogen-bond acceptors (Lipinski definition) is 6. The van der Waals surface area contributed by atoms with E-state index in [1.807, 2.05) is 11.0 Å². The molecule has 1 fully saturated rings. The average molecular weight is 433 g/mol. The number of allylic oxidation sites excluding steroid dienone is 3. The summed E-state index contributed by atoms with van der Waals surface area (Å²) in [4.78, 5) is 20.4. The normalized spacial score (nSPS) is 21.8. The topological polar surface area (TPSA) is 81.1 Å². The molecular formula is C25H32N6O. The number of amidine groups is 2. The van der Waals surface area contributed by atoms with Crippen LogP contribution in [0.1, 0.15) is 75.8 Å². The van der Waals surface area contributed by atoms with Crippen molar-refractivity contribution in [3.63, 3.8) is 0 Å². The summed E-state index contributed by atoms with van der Waals surface area (Å²) in [6.45, 7) is 2.87. The zero-order chi connectivity index (χ0) is 22.0. The third-order valence-electron chi connectivity index (χ3n) is 7.01. The third kappa shape index (κ3) is 3.86. The lowest BCUT2D eigenvalue weighted by atomic mass is 9.90. The van der Waals surface area contributed by atoms with E-state index in [0.29, 0.717) is 6.54 Å². The molecule has 0 radical (unpaired) electrons. The monoisotopic (exact) mass is 432 g/mol. The van der Waals surface area contributed by atoms with Gasteiger partial charge in [0.05, 0.1) is 0 Å². The number of rotatable bonds is 7. The molecule has 168 valence electrons. The van der Waals surface area contributed by atoms with Gasteiger partial charge in [-0.1, -0.05) is 68.2 Å². The predicted octanol–water partition coefficient (Wildman–Crippen LogP) is 3.81. The van der Waals surface area contributed by atoms with Crippen LogP contribution >= 0.6 is 0 Å². The quantitative estimate of drug-likeness (QED) is 0.612. The molecule has 0 unspecified atom stereocenters. The van der Waals surface area contributed by atoms with Crippen molar-refractivity contribution in [3.8, 4) is 0 Å². The maximum atomic E-state index is 13.4. The molecule has 1 spiro atoms. The first-order valence-corrected chi connectivity index (χ1v) is 11.9. The summed E-state index contributed by atoms with van der Waals surface area (Å²) < 4.78 is 0. The Morgan fingerprint density at radius 3 is 2.59 bits per heavy atom. The zero-order valence-corrected chi connectivity index (χ0v) is 18.8. The lowest BCUT2D eigenvalue weighted by molar-refractivity contribution is -0.130. The Hall–Kier alpha value is -2.93. The molecule has 7 nitrogen and oxygen atoms in total. The molecular weight excluding hydrogens is 400 g/mol. The molecule has 4 aliphatic rings. The number of aliphatic imine (C=N–C) groups is 1. The molecule has 1 aromatic carbocycles. The van der Waals surface area contributed by atoms with Crippen LogP contribution in [0.5, 0.6) is 0 Å². The van der Waals surface area contributed by atoms with Crippen molar-refractivity contribution in [1.29, 1.82) is 0 Å². The van der Waals surface area contributed by atoms with Crippen LogP contribution in [0.25, 0.3) is 5.57 Å². The first-order chi connectivity index (χ1) is 15.7. The van der Waals surface area contributed by atoms with Gasteiger partial charge in [-0.2, -0.15) is 0 Å². The van der Waals surface area contributed by atoms with Gasteiger partial charge in [0.1, 0.15) is 11.4 Å². The Kier molecular flexibility index (Phi) is 5.83. The van der Waals surface area contributed by atoms with Gasteiger partial charge in [0.25, 0.3) is 5.91 Å². The van der Waals surface area contributed by atoms with Crippen molar-refractivity contribution >= 4 is 23.2 Å². The van der Waals surface area contributed by atoms with Crippen molar-refractivity contribution in [2.24, 2.45) is 10.1 Å². The fourth-order valence-corrected chi connectivity index (χ4v) is 5.23. The number of hydrazone groups is 1. The van der Waals surface area contributed by atoms with E-state index >= 15 is 0 Å². The van der Waals surface area contributed by atoms with Crippen molar-refractivity contribution in [2.75, 3.05) is 6.54 Å². The number of hydrogen-bond donors (Lipinski definition) is 3. The van der Waals surface area contributed by atoms with Gasteiger partial charge in [-0.05, 0) is 43.2 Å². The summed E-state index contributed by atoms with van der Waals surface area (Å²) in [6, 6.07) is 8.32. The molecule has 7 heteroatoms. The number of hydrazine groups is 2. The van der Waals surface area contributed by atoms with Crippen LogP contribution in [-0.2, 0) is 4.79 Å². The lowest BCUT2D eigenvalue weighted by Gasteiger charge is -2.25. The standard InChI is InChI=1S/C25H32N6O/c1-2-3-10-22-26-25(15-6-7-16-25)24(32)31(22)17-18-11-13-19(14-12-18)20-8-4-5-9-21(20)23-27-29-30-28-23/h4-5,8-9,11,13,29-30H,2-3,6-7,10,12,14-17H2,1H3,(H,27,28). The van der Waals surface area contributed by atoms with Crippen molar-refractivity contribution in [1.82, 2.24) is 21.4 Å². The Labute approximate surface area is 189 Å². The minimum Gasteiger partial charge on any atom is -0.294 e. The first kappa shape index (κ1) is 20.9. The summed E-state index contributed by atoms with van der Waals surface area (Å²) >= 11 is 0. The second-order valence-electron chi connectivity index (χ2n) is 9.15. The van der Waals surface area contributed by atoms with E-state index in [1.54, 1.807) is 0 Å². The molecule has 2 aliphatic heterocycles. The predicted molar refractivity (Wildman–Crippen MR) is 128 cm³/mol. The zero-order valence-electron chi connectivity index (χ0n) is 18.8. The molecule has 1 saturated carbocycles. The first-order valence-electron chi connectivity index (χ1n) is 11.9. The second kappa shape index (κ2) is 8.90. The van der Waals surface area contributed by atoms with E-state index in [2.05, 4.69) is 58.9 Å². The number of unbranched alkanes of at least 4 members (excludes halogenated alkanes) is 1. The summed E-state index contributed by atoms with van der Waals surface area (Å²) in [5.41, 5.74) is 13.0. The summed E-state index contributed by atoms with van der Waals surface area (Å²) in [6.07, 6.45) is 13.5. The number of carbonyl (C=O) groups excluding carboxylic acids is 1. The smallest absolute Gasteiger partial charge is 0.256 e. The van der Waals surface area contributed by atoms with Gasteiger partial charge in [0.2, 0.25) is 0 Å². The highest BCUT2D eigenvalue weighted by Gasteiger charge is 2.49. The molecule has 0 aromatic heterocycles. The Morgan fingerprint density at radius 2 is 1.91 bits per heavy atom. The number of carbonyl (C=O) groups is 1. The van der Waals surface area contributed by atoms with Crippen LogP contribution in [0.3, 0.4) is 0 Å². The van der Waals surface area contributed by atoms with Crippen LogP contribution < -0.4 is 16.5 Å². The van der Waals surface area contributed by atoms with Gasteiger partial charge in [-0.25, -0.2) is 5.53 Å². The molecule has 32 heavy (non-hydrogen) atoms. The molecule has 1 aromatic rings. The van der Waals surface area contributed by atoms with Crippen LogP contribution in [0.2, 0.25) is 0 Å². The third-order valence-corrected chi connectivity index (χ3v) is 7.01. The van der Waals surface area contributed by atoms with E-state index in [-0.39, 0.29) is 5.91 Å². The van der Waals surface area contributed by atoms with Gasteiger partial charge in [-0.15, -0.1) is 10.6 Å². The van der Waals surface area contributed by atoms with Crippen LogP contribution in [0.15, 0.2) is 52.1 Å². The van der Waals surface area contributed by atoms with E-state index in [1.165, 1.54) is 16.7 Å². The fraction of sp³-hybridized carbons (Fsp3) is 0.480. The molecule has 0 saturated heterocycles. The van der Waals surface area contributed by atoms with Gasteiger partial charge in [-0.3, -0.25) is 20.1 Å². The largest absolute Gasteiger partial charge is 0.294 e. The summed E-state index contributed by atoms with van der Waals surface area (Å²) in [5, 5.41) is 4.27. The minimum atomic E-state index is -0.449. The van der Waals surface area contributed by atoms with Gasteiger partial charge >= 0.3 is 0 Å². The average Bonchev–Trinajstić information content (AvgIpc) is 3.58. The van der Waals surface area contributed by atoms with Crippen LogP contribution in [0.4, 0.5) is 0 Å². The van der Waals surface area contributed by atoms with E-state index < -0.39 is 5.54 Å². The SMILES string of the molecule is CCCCC1=NC2(CCCC2)C(=O)N1CC1=CC=C(c2ccccc2C2=NNNN2)CC1. The maximum absolute atomic E-state index is 13.4. The fourth-order valence-electron chi connectivity index (χ4n) is 5.23. The highest BCUT2D eigenvalue weighted by molar-refractivity contribution is 6.08. The second-order valence-corrected chi connectivity index (χ2v) is 9.15. The van der Waals surface area contributed by atoms with E-state index in [4.69, 9.17) is 4.99 Å². The lowest BCUT2D eigenvalue weighted by Crippen LogP contribution is -2.42. The van der Waals surface area contributed by atoms with Crippen molar-refractivity contribution in [2.45, 2.75) is 70.3 Å². The molecule has 0 atom stereocenters. The van der Waals surface area contributed by atoms with Gasteiger partial charge in [0, 0.05) is 18.5 Å². The molecule has 0 bridgehead atoms. The molecule has 1 amide bonds. The van der Waals surface area contributed by atoms with Crippen molar-refractivity contribution < 1.29 is 4.79 Å². The number of amides is 1. The molecule has 3 N–H and O–H groups in total. The Balaban J connectivity index is 1.35. The summed E-state index contributed by atoms with van der Waals surface area (Å²) in [7, 11) is 0. The number of nitrogens with zero attached hydrogens (tertiary/aromatic N) is 3. The Bertz CT molecular complexity index is 1020. The van der Waals surface area contributed by atoms with Gasteiger partial charge in [0.15, 0.2) is 5.84 Å². The minimum absolute atomic E-state index is 0.243. The van der Waals surface area contributed by atoms with E-state index in [9.17, 15) is 4.79 Å². The maximum Gasteiger partial charge on any atom is 0.256 e. The molecule has 2 heterocycles. The Morgan fingerprint density at radius 1 is 1.09 bits per heavy atom. The van der Waals surface area contributed by atoms with Crippen molar-refractivity contribution in [3.05, 3.63) is 53.1 Å². The highest BCUT2D eigenvalue weighted by Crippen LogP contribution is 2.40. The van der Waals surface area contributed by atoms with Gasteiger partial charge < -0.3 is 0 Å². The molecule has 5 rings (SSSR count). The molecule has 2 aliphatic carbocycles. The van der Waals surface area contributed by atoms with Crippen LogP contribution in [-0.4, -0.2) is 34.6 Å². The highest BCUT2D eigenvalue weighted by atomic mass is 16.2. The van der Waals surface area contributed by atoms with Crippen LogP contribution in [0, 0.1) is 0 Å².